The van der Waals surface area contributed by atoms with Crippen molar-refractivity contribution in [2.75, 3.05) is 45.9 Å². The van der Waals surface area contributed by atoms with Crippen LogP contribution >= 0.6 is 15.9 Å². The molecule has 116 valence electrons. The van der Waals surface area contributed by atoms with Gasteiger partial charge >= 0.3 is 0 Å². The molecule has 2 aliphatic rings. The molecule has 0 aromatic heterocycles. The van der Waals surface area contributed by atoms with Crippen molar-refractivity contribution in [1.29, 1.82) is 0 Å². The summed E-state index contributed by atoms with van der Waals surface area (Å²) in [7, 11) is 0. The average molecular weight is 354 g/mol. The Morgan fingerprint density at radius 1 is 1.19 bits per heavy atom. The number of morpholine rings is 1. The fraction of sp³-hybridized carbons (Fsp3) is 0.625. The number of nitrogens with two attached hydrogens (primary N) is 1. The minimum Gasteiger partial charge on any atom is -0.379 e. The van der Waals surface area contributed by atoms with Gasteiger partial charge in [-0.15, -0.1) is 0 Å². The highest BCUT2D eigenvalue weighted by Gasteiger charge is 2.32. The molecule has 0 bridgehead atoms. The van der Waals surface area contributed by atoms with Gasteiger partial charge in [0.05, 0.1) is 13.2 Å². The van der Waals surface area contributed by atoms with Crippen LogP contribution in [0, 0.1) is 0 Å². The maximum atomic E-state index is 6.06. The minimum absolute atomic E-state index is 0.337. The first-order valence-electron chi connectivity index (χ1n) is 7.79. The summed E-state index contributed by atoms with van der Waals surface area (Å²) < 4.78 is 6.58. The highest BCUT2D eigenvalue weighted by atomic mass is 79.9. The molecule has 2 aliphatic heterocycles. The molecule has 0 radical (unpaired) electrons. The van der Waals surface area contributed by atoms with Crippen LogP contribution in [0.2, 0.25) is 0 Å². The Bertz CT molecular complexity index is 447. The molecule has 2 N–H and O–H groups in total. The van der Waals surface area contributed by atoms with E-state index in [0.29, 0.717) is 18.6 Å². The third kappa shape index (κ3) is 3.66. The van der Waals surface area contributed by atoms with Crippen molar-refractivity contribution in [3.63, 3.8) is 0 Å². The molecule has 4 nitrogen and oxygen atoms in total. The first-order valence-corrected chi connectivity index (χ1v) is 8.58. The average Bonchev–Trinajstić information content (AvgIpc) is 3.00. The van der Waals surface area contributed by atoms with Crippen LogP contribution in [0.25, 0.3) is 0 Å². The summed E-state index contributed by atoms with van der Waals surface area (Å²) in [6, 6.07) is 9.58. The molecule has 0 aliphatic carbocycles. The van der Waals surface area contributed by atoms with Gasteiger partial charge in [-0.2, -0.15) is 0 Å². The van der Waals surface area contributed by atoms with E-state index in [-0.39, 0.29) is 0 Å². The topological polar surface area (TPSA) is 41.7 Å². The zero-order valence-electron chi connectivity index (χ0n) is 12.4. The molecule has 5 heteroatoms. The summed E-state index contributed by atoms with van der Waals surface area (Å²) in [4.78, 5) is 5.13. The van der Waals surface area contributed by atoms with Gasteiger partial charge in [0, 0.05) is 49.3 Å². The van der Waals surface area contributed by atoms with Crippen molar-refractivity contribution >= 4 is 15.9 Å². The second-order valence-electron chi connectivity index (χ2n) is 5.89. The number of hydrogen-bond acceptors (Lipinski definition) is 4. The Kier molecular flexibility index (Phi) is 5.29. The number of nitrogens with zero attached hydrogens (tertiary/aromatic N) is 2. The Balaban J connectivity index is 1.64. The van der Waals surface area contributed by atoms with E-state index in [2.05, 4.69) is 50.0 Å². The summed E-state index contributed by atoms with van der Waals surface area (Å²) in [5, 5.41) is 0. The van der Waals surface area contributed by atoms with Gasteiger partial charge in [0.25, 0.3) is 0 Å². The Labute approximate surface area is 135 Å². The fourth-order valence-corrected chi connectivity index (χ4v) is 3.74. The predicted molar refractivity (Wildman–Crippen MR) is 88.3 cm³/mol. The van der Waals surface area contributed by atoms with Crippen LogP contribution in [0.5, 0.6) is 0 Å². The SMILES string of the molecule is NCC(c1ccc(Br)cc1)N1CCC(N2CCOCC2)C1. The van der Waals surface area contributed by atoms with E-state index in [1.807, 2.05) is 0 Å². The van der Waals surface area contributed by atoms with Gasteiger partial charge in [-0.05, 0) is 24.1 Å². The van der Waals surface area contributed by atoms with Gasteiger partial charge in [0.1, 0.15) is 0 Å². The van der Waals surface area contributed by atoms with Crippen molar-refractivity contribution in [2.24, 2.45) is 5.73 Å². The van der Waals surface area contributed by atoms with Crippen LogP contribution in [0.3, 0.4) is 0 Å². The lowest BCUT2D eigenvalue weighted by molar-refractivity contribution is 0.0176. The van der Waals surface area contributed by atoms with Crippen molar-refractivity contribution in [3.8, 4) is 0 Å². The van der Waals surface area contributed by atoms with E-state index in [4.69, 9.17) is 10.5 Å². The highest BCUT2D eigenvalue weighted by Crippen LogP contribution is 2.27. The van der Waals surface area contributed by atoms with E-state index in [1.165, 1.54) is 12.0 Å². The molecule has 21 heavy (non-hydrogen) atoms. The second-order valence-corrected chi connectivity index (χ2v) is 6.80. The molecule has 2 atom stereocenters. The minimum atomic E-state index is 0.337. The standard InChI is InChI=1S/C16H24BrN3O/c17-14-3-1-13(2-4-14)16(11-18)20-6-5-15(12-20)19-7-9-21-10-8-19/h1-4,15-16H,5-12,18H2. The zero-order valence-corrected chi connectivity index (χ0v) is 14.0. The van der Waals surface area contributed by atoms with Crippen LogP contribution in [0.1, 0.15) is 18.0 Å². The van der Waals surface area contributed by atoms with Crippen molar-refractivity contribution in [1.82, 2.24) is 9.80 Å². The largest absolute Gasteiger partial charge is 0.379 e. The Morgan fingerprint density at radius 2 is 1.90 bits per heavy atom. The zero-order chi connectivity index (χ0) is 14.7. The summed E-state index contributed by atoms with van der Waals surface area (Å²) in [6.07, 6.45) is 1.24. The van der Waals surface area contributed by atoms with Crippen LogP contribution in [-0.4, -0.2) is 61.8 Å². The number of halogens is 1. The lowest BCUT2D eigenvalue weighted by atomic mass is 10.1. The van der Waals surface area contributed by atoms with Gasteiger partial charge in [0.2, 0.25) is 0 Å². The smallest absolute Gasteiger partial charge is 0.0594 e. The molecular weight excluding hydrogens is 330 g/mol. The number of rotatable bonds is 4. The van der Waals surface area contributed by atoms with Gasteiger partial charge < -0.3 is 10.5 Å². The summed E-state index contributed by atoms with van der Waals surface area (Å²) in [5.74, 6) is 0. The molecular formula is C16H24BrN3O. The van der Waals surface area contributed by atoms with Crippen molar-refractivity contribution in [3.05, 3.63) is 34.3 Å². The number of hydrogen-bond donors (Lipinski definition) is 1. The van der Waals surface area contributed by atoms with E-state index < -0.39 is 0 Å². The molecule has 0 spiro atoms. The van der Waals surface area contributed by atoms with E-state index in [9.17, 15) is 0 Å². The quantitative estimate of drug-likeness (QED) is 0.896. The molecule has 2 saturated heterocycles. The summed E-state index contributed by atoms with van der Waals surface area (Å²) >= 11 is 3.50. The maximum Gasteiger partial charge on any atom is 0.0594 e. The third-order valence-electron chi connectivity index (χ3n) is 4.68. The molecule has 2 fully saturated rings. The molecule has 0 amide bonds. The Morgan fingerprint density at radius 3 is 2.57 bits per heavy atom. The molecule has 1 aromatic carbocycles. The fourth-order valence-electron chi connectivity index (χ4n) is 3.47. The van der Waals surface area contributed by atoms with Gasteiger partial charge in [-0.25, -0.2) is 0 Å². The molecule has 3 rings (SSSR count). The van der Waals surface area contributed by atoms with E-state index >= 15 is 0 Å². The van der Waals surface area contributed by atoms with Crippen LogP contribution < -0.4 is 5.73 Å². The normalized spacial score (nSPS) is 26.1. The lowest BCUT2D eigenvalue weighted by Crippen LogP contribution is -2.45. The van der Waals surface area contributed by atoms with Crippen molar-refractivity contribution in [2.45, 2.75) is 18.5 Å². The van der Waals surface area contributed by atoms with Gasteiger partial charge in [0.15, 0.2) is 0 Å². The summed E-state index contributed by atoms with van der Waals surface area (Å²) in [6.45, 7) is 6.84. The van der Waals surface area contributed by atoms with Crippen LogP contribution in [0.15, 0.2) is 28.7 Å². The van der Waals surface area contributed by atoms with E-state index in [1.54, 1.807) is 0 Å². The lowest BCUT2D eigenvalue weighted by Gasteiger charge is -2.33. The first-order chi connectivity index (χ1) is 10.3. The number of likely N-dealkylation sites (tertiary alicyclic amines) is 1. The molecule has 2 heterocycles. The highest BCUT2D eigenvalue weighted by molar-refractivity contribution is 9.10. The second kappa shape index (κ2) is 7.20. The summed E-state index contributed by atoms with van der Waals surface area (Å²) in [5.41, 5.74) is 7.38. The van der Waals surface area contributed by atoms with Gasteiger partial charge in [-0.3, -0.25) is 9.80 Å². The number of ether oxygens (including phenoxy) is 1. The molecule has 1 aromatic rings. The van der Waals surface area contributed by atoms with Crippen LogP contribution in [-0.2, 0) is 4.74 Å². The predicted octanol–water partition coefficient (Wildman–Crippen LogP) is 1.86. The molecule has 0 saturated carbocycles. The molecule has 2 unspecified atom stereocenters. The maximum absolute atomic E-state index is 6.06. The monoisotopic (exact) mass is 353 g/mol. The third-order valence-corrected chi connectivity index (χ3v) is 5.20. The Hall–Kier alpha value is -0.460. The van der Waals surface area contributed by atoms with E-state index in [0.717, 1.165) is 43.9 Å². The van der Waals surface area contributed by atoms with Crippen molar-refractivity contribution < 1.29 is 4.74 Å². The first kappa shape index (κ1) is 15.4. The number of benzene rings is 1. The van der Waals surface area contributed by atoms with Gasteiger partial charge in [-0.1, -0.05) is 28.1 Å². The van der Waals surface area contributed by atoms with Crippen LogP contribution in [0.4, 0.5) is 0 Å².